The van der Waals surface area contributed by atoms with Crippen LogP contribution >= 0.6 is 15.9 Å². The number of anilines is 1. The Morgan fingerprint density at radius 1 is 1.14 bits per heavy atom. The van der Waals surface area contributed by atoms with Crippen LogP contribution in [0.2, 0.25) is 0 Å². The number of carbonyl (C=O) groups excluding carboxylic acids is 1. The van der Waals surface area contributed by atoms with Crippen molar-refractivity contribution in [2.24, 2.45) is 5.92 Å². The van der Waals surface area contributed by atoms with E-state index in [0.29, 0.717) is 42.6 Å². The standard InChI is InChI=1S/C25H21BrF4N6O/c26-17-5-3-15(4-6-17)11-31-24(37)16-2-1-9-35(12-16)23-19-13-36(34-22(19)32-14-33-23)18-7-8-20(21(27)10-18)25(28,29)30/h3-8,10,13-14,16H,1-2,9,11-12H2,(H,31,37)/t16-/m1/s1. The molecule has 0 bridgehead atoms. The second kappa shape index (κ2) is 10.1. The Labute approximate surface area is 217 Å². The van der Waals surface area contributed by atoms with Crippen LogP contribution in [-0.4, -0.2) is 38.7 Å². The van der Waals surface area contributed by atoms with Crippen molar-refractivity contribution in [3.8, 4) is 5.69 Å². The zero-order valence-corrected chi connectivity index (χ0v) is 20.9. The van der Waals surface area contributed by atoms with Crippen LogP contribution in [0.4, 0.5) is 23.4 Å². The predicted molar refractivity (Wildman–Crippen MR) is 133 cm³/mol. The maximum Gasteiger partial charge on any atom is 0.419 e. The van der Waals surface area contributed by atoms with Crippen molar-refractivity contribution in [1.29, 1.82) is 0 Å². The van der Waals surface area contributed by atoms with E-state index in [1.807, 2.05) is 29.2 Å². The largest absolute Gasteiger partial charge is 0.419 e. The van der Waals surface area contributed by atoms with Gasteiger partial charge in [-0.2, -0.15) is 13.2 Å². The molecular formula is C25H21BrF4N6O. The Bertz CT molecular complexity index is 1440. The van der Waals surface area contributed by atoms with Crippen molar-refractivity contribution in [2.45, 2.75) is 25.6 Å². The third-order valence-electron chi connectivity index (χ3n) is 6.29. The number of nitrogens with zero attached hydrogens (tertiary/aromatic N) is 5. The summed E-state index contributed by atoms with van der Waals surface area (Å²) in [5.74, 6) is -1.11. The lowest BCUT2D eigenvalue weighted by molar-refractivity contribution is -0.140. The summed E-state index contributed by atoms with van der Waals surface area (Å²) < 4.78 is 55.2. The third kappa shape index (κ3) is 5.43. The molecule has 0 radical (unpaired) electrons. The molecule has 0 aliphatic carbocycles. The molecule has 2 aromatic carbocycles. The maximum absolute atomic E-state index is 14.1. The maximum atomic E-state index is 14.1. The predicted octanol–water partition coefficient (Wildman–Crippen LogP) is 5.27. The molecule has 1 amide bonds. The van der Waals surface area contributed by atoms with E-state index in [1.54, 1.807) is 6.20 Å². The second-order valence-electron chi connectivity index (χ2n) is 8.80. The first kappa shape index (κ1) is 25.1. The second-order valence-corrected chi connectivity index (χ2v) is 9.72. The summed E-state index contributed by atoms with van der Waals surface area (Å²) >= 11 is 3.39. The summed E-state index contributed by atoms with van der Waals surface area (Å²) in [6.07, 6.45) is -0.365. The summed E-state index contributed by atoms with van der Waals surface area (Å²) in [5, 5.41) is 7.86. The van der Waals surface area contributed by atoms with E-state index in [9.17, 15) is 22.4 Å². The molecule has 0 saturated carbocycles. The minimum Gasteiger partial charge on any atom is -0.355 e. The van der Waals surface area contributed by atoms with E-state index in [0.717, 1.165) is 35.0 Å². The molecule has 12 heteroatoms. The van der Waals surface area contributed by atoms with Gasteiger partial charge < -0.3 is 10.2 Å². The Hall–Kier alpha value is -3.54. The van der Waals surface area contributed by atoms with Gasteiger partial charge in [0.05, 0.1) is 22.6 Å². The highest BCUT2D eigenvalue weighted by atomic mass is 79.9. The van der Waals surface area contributed by atoms with Crippen molar-refractivity contribution < 1.29 is 22.4 Å². The topological polar surface area (TPSA) is 75.9 Å². The van der Waals surface area contributed by atoms with E-state index in [2.05, 4.69) is 36.3 Å². The zero-order valence-electron chi connectivity index (χ0n) is 19.3. The van der Waals surface area contributed by atoms with E-state index >= 15 is 0 Å². The van der Waals surface area contributed by atoms with Gasteiger partial charge in [0.15, 0.2) is 5.65 Å². The molecule has 0 spiro atoms. The van der Waals surface area contributed by atoms with Crippen LogP contribution in [0.15, 0.2) is 59.5 Å². The van der Waals surface area contributed by atoms with Gasteiger partial charge in [-0.05, 0) is 42.7 Å². The van der Waals surface area contributed by atoms with Gasteiger partial charge in [0.1, 0.15) is 18.0 Å². The molecule has 1 aliphatic rings. The van der Waals surface area contributed by atoms with Gasteiger partial charge in [-0.1, -0.05) is 28.1 Å². The highest BCUT2D eigenvalue weighted by molar-refractivity contribution is 9.10. The molecule has 37 heavy (non-hydrogen) atoms. The van der Waals surface area contributed by atoms with Gasteiger partial charge in [0.2, 0.25) is 5.91 Å². The van der Waals surface area contributed by atoms with Gasteiger partial charge in [-0.15, -0.1) is 5.10 Å². The highest BCUT2D eigenvalue weighted by Gasteiger charge is 2.34. The summed E-state index contributed by atoms with van der Waals surface area (Å²) in [4.78, 5) is 23.4. The molecule has 1 saturated heterocycles. The molecule has 5 rings (SSSR count). The van der Waals surface area contributed by atoms with Gasteiger partial charge in [0.25, 0.3) is 0 Å². The van der Waals surface area contributed by atoms with E-state index < -0.39 is 17.6 Å². The number of hydrogen-bond acceptors (Lipinski definition) is 5. The average Bonchev–Trinajstić information content (AvgIpc) is 3.32. The number of aromatic nitrogens is 4. The molecule has 1 atom stereocenters. The number of rotatable bonds is 5. The zero-order chi connectivity index (χ0) is 26.2. The van der Waals surface area contributed by atoms with Crippen LogP contribution in [0.25, 0.3) is 16.7 Å². The number of piperidine rings is 1. The average molecular weight is 577 g/mol. The van der Waals surface area contributed by atoms with Crippen LogP contribution < -0.4 is 10.2 Å². The quantitative estimate of drug-likeness (QED) is 0.328. The Balaban J connectivity index is 1.34. The van der Waals surface area contributed by atoms with E-state index in [1.165, 1.54) is 11.0 Å². The molecule has 1 N–H and O–H groups in total. The normalized spacial score (nSPS) is 16.2. The molecule has 7 nitrogen and oxygen atoms in total. The van der Waals surface area contributed by atoms with Crippen molar-refractivity contribution in [3.63, 3.8) is 0 Å². The van der Waals surface area contributed by atoms with Crippen molar-refractivity contribution in [2.75, 3.05) is 18.0 Å². The number of fused-ring (bicyclic) bond motifs is 1. The van der Waals surface area contributed by atoms with E-state index in [4.69, 9.17) is 0 Å². The van der Waals surface area contributed by atoms with Crippen LogP contribution in [0, 0.1) is 11.7 Å². The summed E-state index contributed by atoms with van der Waals surface area (Å²) in [6.45, 7) is 1.54. The molecule has 2 aromatic heterocycles. The minimum absolute atomic E-state index is 0.0474. The Morgan fingerprint density at radius 2 is 1.92 bits per heavy atom. The summed E-state index contributed by atoms with van der Waals surface area (Å²) in [5.41, 5.74) is 0.0884. The first-order chi connectivity index (χ1) is 17.7. The fourth-order valence-electron chi connectivity index (χ4n) is 4.41. The number of halogens is 5. The molecule has 0 unspecified atom stereocenters. The molecular weight excluding hydrogens is 556 g/mol. The number of alkyl halides is 3. The molecule has 1 aliphatic heterocycles. The summed E-state index contributed by atoms with van der Waals surface area (Å²) in [7, 11) is 0. The fourth-order valence-corrected chi connectivity index (χ4v) is 4.67. The lowest BCUT2D eigenvalue weighted by atomic mass is 9.97. The number of nitrogens with one attached hydrogen (secondary N) is 1. The fraction of sp³-hybridized carbons (Fsp3) is 0.280. The van der Waals surface area contributed by atoms with Crippen LogP contribution in [-0.2, 0) is 17.5 Å². The van der Waals surface area contributed by atoms with Crippen molar-refractivity contribution >= 4 is 38.7 Å². The number of carbonyl (C=O) groups is 1. The Morgan fingerprint density at radius 3 is 2.65 bits per heavy atom. The highest BCUT2D eigenvalue weighted by Crippen LogP contribution is 2.33. The first-order valence-electron chi connectivity index (χ1n) is 11.5. The van der Waals surface area contributed by atoms with Crippen LogP contribution in [0.5, 0.6) is 0 Å². The molecule has 4 aromatic rings. The first-order valence-corrected chi connectivity index (χ1v) is 12.3. The molecule has 1 fully saturated rings. The van der Waals surface area contributed by atoms with Crippen molar-refractivity contribution in [1.82, 2.24) is 25.1 Å². The minimum atomic E-state index is -4.79. The molecule has 192 valence electrons. The lowest BCUT2D eigenvalue weighted by Gasteiger charge is -2.33. The number of hydrogen-bond donors (Lipinski definition) is 1. The van der Waals surface area contributed by atoms with Gasteiger partial charge in [-0.3, -0.25) is 4.79 Å². The van der Waals surface area contributed by atoms with Crippen LogP contribution in [0.3, 0.4) is 0 Å². The third-order valence-corrected chi connectivity index (χ3v) is 6.82. The Kier molecular flexibility index (Phi) is 6.84. The van der Waals surface area contributed by atoms with Gasteiger partial charge in [-0.25, -0.2) is 19.0 Å². The number of benzene rings is 2. The van der Waals surface area contributed by atoms with Gasteiger partial charge >= 0.3 is 6.18 Å². The number of amides is 1. The summed E-state index contributed by atoms with van der Waals surface area (Å²) in [6, 6.07) is 10.3. The van der Waals surface area contributed by atoms with Crippen molar-refractivity contribution in [3.05, 3.63) is 76.4 Å². The van der Waals surface area contributed by atoms with Crippen LogP contribution in [0.1, 0.15) is 24.0 Å². The van der Waals surface area contributed by atoms with Gasteiger partial charge in [0, 0.05) is 36.4 Å². The van der Waals surface area contributed by atoms with E-state index in [-0.39, 0.29) is 17.5 Å². The monoisotopic (exact) mass is 576 g/mol. The smallest absolute Gasteiger partial charge is 0.355 e. The lowest BCUT2D eigenvalue weighted by Crippen LogP contribution is -2.43. The SMILES string of the molecule is O=C(NCc1ccc(Br)cc1)[C@@H]1CCCN(c2ncnc3nn(-c4ccc(C(F)(F)F)c(F)c4)cc23)C1. The molecule has 3 heterocycles.